The van der Waals surface area contributed by atoms with Crippen molar-refractivity contribution < 1.29 is 40.1 Å². The van der Waals surface area contributed by atoms with Gasteiger partial charge in [0, 0.05) is 90.2 Å². The zero-order valence-corrected chi connectivity index (χ0v) is 38.1. The minimum atomic E-state index is -2.94. The zero-order valence-electron chi connectivity index (χ0n) is 34.1. The normalized spacial score (nSPS) is 17.0. The van der Waals surface area contributed by atoms with Crippen molar-refractivity contribution in [3.63, 3.8) is 0 Å². The second-order valence-electron chi connectivity index (χ2n) is 13.1. The quantitative estimate of drug-likeness (QED) is 0.0450. The molecule has 0 bridgehead atoms. The van der Waals surface area contributed by atoms with Gasteiger partial charge in [0.2, 0.25) is 0 Å². The van der Waals surface area contributed by atoms with E-state index in [0.717, 1.165) is 126 Å². The predicted octanol–water partition coefficient (Wildman–Crippen LogP) is 10.2. The maximum Gasteiger partial charge on any atom is 0.331 e. The Hall–Kier alpha value is 0.508. The lowest BCUT2D eigenvalue weighted by atomic mass is 10.4. The fraction of sp³-hybridized carbons (Fsp3) is 1.00. The van der Waals surface area contributed by atoms with Gasteiger partial charge >= 0.3 is 34.2 Å². The van der Waals surface area contributed by atoms with Gasteiger partial charge in [-0.25, -0.2) is 0 Å². The Morgan fingerprint density at radius 2 is 0.551 bits per heavy atom. The first-order valence-electron chi connectivity index (χ1n) is 20.4. The van der Waals surface area contributed by atoms with Gasteiger partial charge in [0.15, 0.2) is 0 Å². The Bertz CT molecular complexity index is 689. The van der Waals surface area contributed by atoms with E-state index < -0.39 is 34.2 Å². The van der Waals surface area contributed by atoms with Crippen LogP contribution in [0.5, 0.6) is 0 Å². The molecule has 0 N–H and O–H groups in total. The highest BCUT2D eigenvalue weighted by Crippen LogP contribution is 2.37. The predicted molar refractivity (Wildman–Crippen MR) is 214 cm³/mol. The van der Waals surface area contributed by atoms with E-state index >= 15 is 0 Å². The van der Waals surface area contributed by atoms with E-state index in [4.69, 9.17) is 40.1 Å². The molecule has 0 rings (SSSR count). The van der Waals surface area contributed by atoms with Crippen molar-refractivity contribution in [1.29, 1.82) is 0 Å². The Labute approximate surface area is 308 Å². The second kappa shape index (κ2) is 30.9. The van der Waals surface area contributed by atoms with Crippen LogP contribution in [0.2, 0.25) is 48.4 Å². The molecule has 0 aliphatic carbocycles. The van der Waals surface area contributed by atoms with Crippen LogP contribution in [0.1, 0.15) is 121 Å². The van der Waals surface area contributed by atoms with E-state index in [2.05, 4.69) is 69.2 Å². The summed E-state index contributed by atoms with van der Waals surface area (Å²) in [6, 6.07) is 6.36. The number of hydrogen-bond acceptors (Lipinski definition) is 9. The number of hydrogen-bond donors (Lipinski definition) is 0. The molecule has 0 saturated heterocycles. The fourth-order valence-electron chi connectivity index (χ4n) is 5.74. The highest BCUT2D eigenvalue weighted by molar-refractivity contribution is 6.90. The van der Waals surface area contributed by atoms with Gasteiger partial charge in [-0.3, -0.25) is 0 Å². The van der Waals surface area contributed by atoms with Gasteiger partial charge in [-0.2, -0.15) is 0 Å². The van der Waals surface area contributed by atoms with E-state index in [1.54, 1.807) is 0 Å². The first-order valence-corrected chi connectivity index (χ1v) is 29.3. The molecule has 0 aromatic carbocycles. The van der Waals surface area contributed by atoms with Crippen LogP contribution in [0.15, 0.2) is 0 Å². The fourth-order valence-corrected chi connectivity index (χ4v) is 26.3. The molecule has 0 radical (unpaired) electrons. The third kappa shape index (κ3) is 21.1. The Balaban J connectivity index is 6.81. The molecule has 9 nitrogen and oxygen atoms in total. The molecular weight excluding hydrogens is 689 g/mol. The summed E-state index contributed by atoms with van der Waals surface area (Å²) < 4.78 is 60.8. The van der Waals surface area contributed by atoms with E-state index in [-0.39, 0.29) is 0 Å². The lowest BCUT2D eigenvalue weighted by molar-refractivity contribution is 0.120. The van der Waals surface area contributed by atoms with Crippen LogP contribution in [0.4, 0.5) is 0 Å². The number of unbranched alkanes of at least 4 members (excludes halogenated alkanes) is 4. The zero-order chi connectivity index (χ0) is 36.7. The van der Waals surface area contributed by atoms with Gasteiger partial charge < -0.3 is 40.1 Å². The first kappa shape index (κ1) is 49.5. The van der Waals surface area contributed by atoms with Crippen molar-refractivity contribution in [3.8, 4) is 0 Å². The molecule has 0 saturated carbocycles. The molecule has 0 amide bonds. The second-order valence-corrected chi connectivity index (χ2v) is 28.2. The van der Waals surface area contributed by atoms with Gasteiger partial charge in [-0.1, -0.05) is 81.1 Å². The molecule has 4 unspecified atom stereocenters. The summed E-state index contributed by atoms with van der Waals surface area (Å²) in [7, 11) is -11.3. The third-order valence-corrected chi connectivity index (χ3v) is 27.9. The Morgan fingerprint density at radius 3 is 0.776 bits per heavy atom. The molecule has 0 heterocycles. The summed E-state index contributed by atoms with van der Waals surface area (Å²) >= 11 is 0. The molecule has 0 fully saturated rings. The maximum atomic E-state index is 7.74. The molecule has 296 valence electrons. The van der Waals surface area contributed by atoms with Crippen LogP contribution in [-0.4, -0.2) is 100 Å². The number of rotatable bonds is 38. The molecule has 0 spiro atoms. The standard InChI is InChI=1S/C36H82O9Si4/c1-11-21-25-37-29-33-46(17-7,41-15-5)43-48(19-9,35-31-39-27-23-13-3)45-49(20-10,36-32-40-28-24-14-4)44-47(18-8,42-16-6)34-30-38-26-22-12-2/h11-36H2,1-10H3. The summed E-state index contributed by atoms with van der Waals surface area (Å²) in [6.07, 6.45) is 8.70. The van der Waals surface area contributed by atoms with Crippen molar-refractivity contribution >= 4 is 34.2 Å². The van der Waals surface area contributed by atoms with Crippen molar-refractivity contribution in [3.05, 3.63) is 0 Å². The smallest absolute Gasteiger partial charge is 0.331 e. The Morgan fingerprint density at radius 1 is 0.306 bits per heavy atom. The third-order valence-electron chi connectivity index (χ3n) is 9.16. The van der Waals surface area contributed by atoms with Gasteiger partial charge in [-0.05, 0) is 63.7 Å². The van der Waals surface area contributed by atoms with E-state index in [9.17, 15) is 0 Å². The summed E-state index contributed by atoms with van der Waals surface area (Å²) in [4.78, 5) is 0. The molecule has 49 heavy (non-hydrogen) atoms. The van der Waals surface area contributed by atoms with Crippen LogP contribution in [-0.2, 0) is 40.1 Å². The van der Waals surface area contributed by atoms with Crippen LogP contribution in [0.25, 0.3) is 0 Å². The lowest BCUT2D eigenvalue weighted by Crippen LogP contribution is -2.64. The van der Waals surface area contributed by atoms with Crippen LogP contribution in [0, 0.1) is 0 Å². The van der Waals surface area contributed by atoms with Gasteiger partial charge in [0.25, 0.3) is 0 Å². The number of ether oxygens (including phenoxy) is 4. The average Bonchev–Trinajstić information content (AvgIpc) is 3.11. The Kier molecular flexibility index (Phi) is 31.2. The van der Waals surface area contributed by atoms with Gasteiger partial charge in [0.1, 0.15) is 0 Å². The van der Waals surface area contributed by atoms with Gasteiger partial charge in [-0.15, -0.1) is 0 Å². The average molecular weight is 771 g/mol. The van der Waals surface area contributed by atoms with E-state index in [1.165, 1.54) is 0 Å². The minimum absolute atomic E-state index is 0.613. The minimum Gasteiger partial charge on any atom is -0.415 e. The molecule has 0 aliphatic heterocycles. The van der Waals surface area contributed by atoms with Gasteiger partial charge in [0.05, 0.1) is 0 Å². The van der Waals surface area contributed by atoms with Crippen LogP contribution in [0.3, 0.4) is 0 Å². The van der Waals surface area contributed by atoms with Crippen molar-refractivity contribution in [2.45, 2.75) is 169 Å². The lowest BCUT2D eigenvalue weighted by Gasteiger charge is -2.47. The van der Waals surface area contributed by atoms with Crippen LogP contribution < -0.4 is 0 Å². The summed E-state index contributed by atoms with van der Waals surface area (Å²) in [6.45, 7) is 28.6. The topological polar surface area (TPSA) is 83.1 Å². The SMILES string of the molecule is CCCCOCC[Si](CC)(OCC)O[Si](CC)(CCOCCCC)O[Si](CC)(CCOCCCC)O[Si](CC)(CCOCCCC)OCC. The molecule has 4 atom stereocenters. The highest BCUT2D eigenvalue weighted by Gasteiger charge is 2.55. The van der Waals surface area contributed by atoms with Crippen molar-refractivity contribution in [2.75, 3.05) is 66.1 Å². The first-order chi connectivity index (χ1) is 23.7. The molecular formula is C36H82O9Si4. The maximum absolute atomic E-state index is 7.74. The largest absolute Gasteiger partial charge is 0.415 e. The summed E-state index contributed by atoms with van der Waals surface area (Å²) in [5.74, 6) is 0. The molecule has 0 aromatic rings. The summed E-state index contributed by atoms with van der Waals surface area (Å²) in [5.41, 5.74) is 0. The van der Waals surface area contributed by atoms with E-state index in [0.29, 0.717) is 39.6 Å². The summed E-state index contributed by atoms with van der Waals surface area (Å²) in [5, 5.41) is 0. The van der Waals surface area contributed by atoms with Crippen molar-refractivity contribution in [2.24, 2.45) is 0 Å². The molecule has 0 aliphatic rings. The van der Waals surface area contributed by atoms with E-state index in [1.807, 2.05) is 0 Å². The van der Waals surface area contributed by atoms with Crippen molar-refractivity contribution in [1.82, 2.24) is 0 Å². The monoisotopic (exact) mass is 771 g/mol. The molecule has 0 aromatic heterocycles. The molecule has 13 heteroatoms. The van der Waals surface area contributed by atoms with Crippen LogP contribution >= 0.6 is 0 Å². The highest BCUT2D eigenvalue weighted by atomic mass is 28.5.